The Morgan fingerprint density at radius 1 is 1.08 bits per heavy atom. The molecule has 0 aromatic heterocycles. The molecule has 0 heterocycles. The average molecular weight is 352 g/mol. The van der Waals surface area contributed by atoms with Gasteiger partial charge in [-0.1, -0.05) is 29.8 Å². The number of rotatable bonds is 6. The van der Waals surface area contributed by atoms with Gasteiger partial charge in [0.1, 0.15) is 12.3 Å². The number of hydrogen-bond donors (Lipinski definition) is 2. The smallest absolute Gasteiger partial charge is 0.405 e. The van der Waals surface area contributed by atoms with Crippen molar-refractivity contribution in [3.8, 4) is 5.75 Å². The van der Waals surface area contributed by atoms with Crippen molar-refractivity contribution in [1.29, 1.82) is 0 Å². The van der Waals surface area contributed by atoms with Crippen LogP contribution in [0.15, 0.2) is 48.5 Å². The van der Waals surface area contributed by atoms with E-state index in [1.807, 2.05) is 19.1 Å². The van der Waals surface area contributed by atoms with Crippen molar-refractivity contribution in [2.75, 3.05) is 17.2 Å². The Balaban J connectivity index is 2.00. The molecule has 0 aliphatic heterocycles. The van der Waals surface area contributed by atoms with Gasteiger partial charge in [0.15, 0.2) is 6.10 Å². The van der Waals surface area contributed by atoms with E-state index in [-0.39, 0.29) is 11.4 Å². The number of carbonyl (C=O) groups excluding carboxylic acids is 1. The zero-order valence-electron chi connectivity index (χ0n) is 13.9. The molecule has 0 bridgehead atoms. The zero-order valence-corrected chi connectivity index (χ0v) is 13.9. The summed E-state index contributed by atoms with van der Waals surface area (Å²) in [5.74, 6) is 0.0820. The molecule has 4 nitrogen and oxygen atoms in total. The summed E-state index contributed by atoms with van der Waals surface area (Å²) >= 11 is 0. The maximum Gasteiger partial charge on any atom is 0.405 e. The molecule has 1 amide bonds. The molecule has 2 rings (SSSR count). The molecule has 0 aliphatic rings. The second-order valence-corrected chi connectivity index (χ2v) is 5.58. The highest BCUT2D eigenvalue weighted by atomic mass is 19.4. The van der Waals surface area contributed by atoms with E-state index in [2.05, 4.69) is 10.6 Å². The van der Waals surface area contributed by atoms with Gasteiger partial charge in [0.2, 0.25) is 0 Å². The fraction of sp³-hybridized carbons (Fsp3) is 0.278. The van der Waals surface area contributed by atoms with Crippen molar-refractivity contribution in [3.05, 3.63) is 54.1 Å². The number of amides is 1. The van der Waals surface area contributed by atoms with Crippen molar-refractivity contribution in [2.24, 2.45) is 0 Å². The third-order valence-electron chi connectivity index (χ3n) is 3.37. The van der Waals surface area contributed by atoms with E-state index in [4.69, 9.17) is 4.74 Å². The van der Waals surface area contributed by atoms with Gasteiger partial charge in [0, 0.05) is 0 Å². The minimum atomic E-state index is -4.35. The number of ether oxygens (including phenoxy) is 1. The molecule has 0 fully saturated rings. The van der Waals surface area contributed by atoms with E-state index in [0.717, 1.165) is 5.56 Å². The van der Waals surface area contributed by atoms with Gasteiger partial charge in [-0.15, -0.1) is 0 Å². The van der Waals surface area contributed by atoms with E-state index < -0.39 is 24.7 Å². The first kappa shape index (κ1) is 18.6. The number of anilines is 2. The van der Waals surface area contributed by atoms with Gasteiger partial charge >= 0.3 is 6.18 Å². The number of hydrogen-bond acceptors (Lipinski definition) is 3. The minimum absolute atomic E-state index is 0.190. The lowest BCUT2D eigenvalue weighted by atomic mass is 10.2. The van der Waals surface area contributed by atoms with Crippen molar-refractivity contribution in [3.63, 3.8) is 0 Å². The standard InChI is InChI=1S/C18H19F3N2O2/c1-12-7-9-14(10-8-12)25-13(2)17(24)23-16-6-4-3-5-15(16)22-11-18(19,20)21/h3-10,13,22H,11H2,1-2H3,(H,23,24). The van der Waals surface area contributed by atoms with Crippen LogP contribution in [0.2, 0.25) is 0 Å². The van der Waals surface area contributed by atoms with Crippen LogP contribution >= 0.6 is 0 Å². The Kier molecular flexibility index (Phi) is 5.90. The second kappa shape index (κ2) is 7.92. The number of carbonyl (C=O) groups is 1. The first-order valence-corrected chi connectivity index (χ1v) is 7.68. The normalized spacial score (nSPS) is 12.4. The van der Waals surface area contributed by atoms with Crippen molar-refractivity contribution < 1.29 is 22.7 Å². The van der Waals surface area contributed by atoms with E-state index in [1.165, 1.54) is 12.1 Å². The number of para-hydroxylation sites is 2. The summed E-state index contributed by atoms with van der Waals surface area (Å²) in [6.45, 7) is 2.32. The van der Waals surface area contributed by atoms with Crippen LogP contribution in [0.25, 0.3) is 0 Å². The van der Waals surface area contributed by atoms with Crippen LogP contribution < -0.4 is 15.4 Å². The van der Waals surface area contributed by atoms with E-state index in [9.17, 15) is 18.0 Å². The Bertz CT molecular complexity index is 715. The molecule has 0 saturated heterocycles. The van der Waals surface area contributed by atoms with Gasteiger partial charge < -0.3 is 15.4 Å². The Morgan fingerprint density at radius 2 is 1.68 bits per heavy atom. The second-order valence-electron chi connectivity index (χ2n) is 5.58. The maximum atomic E-state index is 12.4. The molecule has 1 atom stereocenters. The van der Waals surface area contributed by atoms with Gasteiger partial charge in [-0.25, -0.2) is 0 Å². The number of halogens is 3. The summed E-state index contributed by atoms with van der Waals surface area (Å²) in [5.41, 5.74) is 1.51. The van der Waals surface area contributed by atoms with Gasteiger partial charge in [0.25, 0.3) is 5.91 Å². The lowest BCUT2D eigenvalue weighted by Gasteiger charge is -2.17. The molecule has 134 valence electrons. The van der Waals surface area contributed by atoms with Crippen LogP contribution in [0.1, 0.15) is 12.5 Å². The minimum Gasteiger partial charge on any atom is -0.481 e. The highest BCUT2D eigenvalue weighted by molar-refractivity contribution is 5.97. The lowest BCUT2D eigenvalue weighted by Crippen LogP contribution is -2.30. The first-order chi connectivity index (χ1) is 11.7. The molecule has 0 aliphatic carbocycles. The van der Waals surface area contributed by atoms with Crippen molar-refractivity contribution in [2.45, 2.75) is 26.1 Å². The summed E-state index contributed by atoms with van der Waals surface area (Å²) in [4.78, 5) is 12.3. The molecular formula is C18H19F3N2O2. The Morgan fingerprint density at radius 3 is 2.28 bits per heavy atom. The third-order valence-corrected chi connectivity index (χ3v) is 3.37. The Hall–Kier alpha value is -2.70. The molecule has 0 saturated carbocycles. The van der Waals surface area contributed by atoms with Gasteiger partial charge in [-0.2, -0.15) is 13.2 Å². The summed E-state index contributed by atoms with van der Waals surface area (Å²) in [5, 5.41) is 4.86. The van der Waals surface area contributed by atoms with Crippen molar-refractivity contribution >= 4 is 17.3 Å². The third kappa shape index (κ3) is 6.02. The zero-order chi connectivity index (χ0) is 18.4. The molecule has 1 unspecified atom stereocenters. The van der Waals surface area contributed by atoms with Gasteiger partial charge in [-0.3, -0.25) is 4.79 Å². The van der Waals surface area contributed by atoms with Crippen molar-refractivity contribution in [1.82, 2.24) is 0 Å². The summed E-state index contributed by atoms with van der Waals surface area (Å²) in [6.07, 6.45) is -5.16. The maximum absolute atomic E-state index is 12.4. The number of benzene rings is 2. The SMILES string of the molecule is Cc1ccc(OC(C)C(=O)Nc2ccccc2NCC(F)(F)F)cc1. The predicted molar refractivity (Wildman–Crippen MR) is 90.9 cm³/mol. The average Bonchev–Trinajstić information content (AvgIpc) is 2.55. The quantitative estimate of drug-likeness (QED) is 0.811. The Labute approximate surface area is 144 Å². The fourth-order valence-corrected chi connectivity index (χ4v) is 2.05. The van der Waals surface area contributed by atoms with Crippen LogP contribution in [0.4, 0.5) is 24.5 Å². The van der Waals surface area contributed by atoms with E-state index in [1.54, 1.807) is 31.2 Å². The topological polar surface area (TPSA) is 50.4 Å². The van der Waals surface area contributed by atoms with E-state index >= 15 is 0 Å². The monoisotopic (exact) mass is 352 g/mol. The molecule has 2 aromatic carbocycles. The molecular weight excluding hydrogens is 333 g/mol. The predicted octanol–water partition coefficient (Wildman–Crippen LogP) is 4.38. The largest absolute Gasteiger partial charge is 0.481 e. The molecule has 7 heteroatoms. The number of aryl methyl sites for hydroxylation is 1. The van der Waals surface area contributed by atoms with Gasteiger partial charge in [-0.05, 0) is 38.1 Å². The highest BCUT2D eigenvalue weighted by Gasteiger charge is 2.27. The van der Waals surface area contributed by atoms with Gasteiger partial charge in [0.05, 0.1) is 11.4 Å². The highest BCUT2D eigenvalue weighted by Crippen LogP contribution is 2.24. The van der Waals surface area contributed by atoms with Crippen LogP contribution in [-0.4, -0.2) is 24.7 Å². The molecule has 25 heavy (non-hydrogen) atoms. The molecule has 0 spiro atoms. The molecule has 2 N–H and O–H groups in total. The molecule has 0 radical (unpaired) electrons. The summed E-state index contributed by atoms with van der Waals surface area (Å²) in [7, 11) is 0. The first-order valence-electron chi connectivity index (χ1n) is 7.68. The summed E-state index contributed by atoms with van der Waals surface area (Å²) < 4.78 is 42.6. The number of nitrogens with one attached hydrogen (secondary N) is 2. The molecule has 2 aromatic rings. The van der Waals surface area contributed by atoms with E-state index in [0.29, 0.717) is 5.75 Å². The van der Waals surface area contributed by atoms with Crippen LogP contribution in [-0.2, 0) is 4.79 Å². The fourth-order valence-electron chi connectivity index (χ4n) is 2.05. The number of alkyl halides is 3. The summed E-state index contributed by atoms with van der Waals surface area (Å²) in [6, 6.07) is 13.4. The van der Waals surface area contributed by atoms with Crippen LogP contribution in [0, 0.1) is 6.92 Å². The van der Waals surface area contributed by atoms with Crippen LogP contribution in [0.5, 0.6) is 5.75 Å². The lowest BCUT2D eigenvalue weighted by molar-refractivity contribution is -0.122. The van der Waals surface area contributed by atoms with Crippen LogP contribution in [0.3, 0.4) is 0 Å².